The standard InChI is InChI=1S/C25H29F6NO5/c1-16-8-9-17(23(2,32(34)35)15-14-21(33)36-3)6-4-5-7-20(22(16)25(29,30)31)37-19-12-10-18(11-13-19)24(26,27)28/h5-9,18-19H,1,4,10-15H2,2-3H3/b7-5-,9-8-,17-6+,22-20?. The highest BCUT2D eigenvalue weighted by atomic mass is 19.4. The summed E-state index contributed by atoms with van der Waals surface area (Å²) < 4.78 is 91.2. The van der Waals surface area contributed by atoms with E-state index in [9.17, 15) is 41.3 Å². The Morgan fingerprint density at radius 1 is 1.11 bits per heavy atom. The maximum absolute atomic E-state index is 14.1. The van der Waals surface area contributed by atoms with E-state index in [0.29, 0.717) is 0 Å². The number of nitrogens with zero attached hydrogens (tertiary/aromatic N) is 1. The molecule has 0 amide bonds. The monoisotopic (exact) mass is 537 g/mol. The third kappa shape index (κ3) is 7.96. The zero-order chi connectivity index (χ0) is 28.0. The van der Waals surface area contributed by atoms with E-state index in [-0.39, 0.29) is 50.5 Å². The fraction of sp³-hybridized carbons (Fsp3) is 0.560. The SMILES string of the molecule is C=C1/C=C\C(C(C)(CCC(=O)OC)[N+](=O)[O-])=C/C/C=C\C(OC2CCC(C(F)(F)F)CC2)=C1C(F)(F)F. The van der Waals surface area contributed by atoms with Gasteiger partial charge in [0.05, 0.1) is 25.6 Å². The van der Waals surface area contributed by atoms with Crippen LogP contribution in [0, 0.1) is 16.0 Å². The van der Waals surface area contributed by atoms with E-state index in [4.69, 9.17) is 4.74 Å². The van der Waals surface area contributed by atoms with E-state index >= 15 is 0 Å². The van der Waals surface area contributed by atoms with E-state index < -0.39 is 57.7 Å². The molecular formula is C25H29F6NO5. The molecule has 2 aliphatic carbocycles. The Morgan fingerprint density at radius 2 is 1.73 bits per heavy atom. The molecule has 0 heterocycles. The van der Waals surface area contributed by atoms with Crippen molar-refractivity contribution >= 4 is 5.97 Å². The normalized spacial score (nSPS) is 26.4. The summed E-state index contributed by atoms with van der Waals surface area (Å²) in [6.07, 6.45) is -5.30. The molecule has 1 unspecified atom stereocenters. The summed E-state index contributed by atoms with van der Waals surface area (Å²) in [5, 5.41) is 11.9. The predicted molar refractivity (Wildman–Crippen MR) is 123 cm³/mol. The van der Waals surface area contributed by atoms with Crippen molar-refractivity contribution in [3.63, 3.8) is 0 Å². The molecule has 0 N–H and O–H groups in total. The second kappa shape index (κ2) is 12.0. The van der Waals surface area contributed by atoms with Gasteiger partial charge in [-0.2, -0.15) is 26.3 Å². The fourth-order valence-electron chi connectivity index (χ4n) is 4.25. The summed E-state index contributed by atoms with van der Waals surface area (Å²) in [4.78, 5) is 22.8. The summed E-state index contributed by atoms with van der Waals surface area (Å²) in [6.45, 7) is 4.73. The van der Waals surface area contributed by atoms with Crippen LogP contribution in [0.25, 0.3) is 0 Å². The highest BCUT2D eigenvalue weighted by molar-refractivity contribution is 5.69. The lowest BCUT2D eigenvalue weighted by Crippen LogP contribution is -2.37. The number of esters is 1. The minimum Gasteiger partial charge on any atom is -0.490 e. The number of halogens is 6. The van der Waals surface area contributed by atoms with Gasteiger partial charge in [-0.25, -0.2) is 0 Å². The van der Waals surface area contributed by atoms with Crippen LogP contribution in [-0.2, 0) is 14.3 Å². The van der Waals surface area contributed by atoms with E-state index in [1.807, 2.05) is 0 Å². The van der Waals surface area contributed by atoms with Gasteiger partial charge in [0.2, 0.25) is 5.54 Å². The largest absolute Gasteiger partial charge is 0.490 e. The number of carbonyl (C=O) groups excluding carboxylic acids is 1. The molecule has 2 rings (SSSR count). The van der Waals surface area contributed by atoms with Gasteiger partial charge in [0.25, 0.3) is 0 Å². The minimum atomic E-state index is -4.93. The van der Waals surface area contributed by atoms with Crippen LogP contribution in [0.5, 0.6) is 0 Å². The molecule has 0 aromatic heterocycles. The lowest BCUT2D eigenvalue weighted by Gasteiger charge is -2.31. The molecule has 0 aliphatic heterocycles. The molecule has 1 fully saturated rings. The van der Waals surface area contributed by atoms with E-state index in [1.54, 1.807) is 0 Å². The average Bonchev–Trinajstić information content (AvgIpc) is 2.80. The fourth-order valence-corrected chi connectivity index (χ4v) is 4.25. The second-order valence-electron chi connectivity index (χ2n) is 9.13. The van der Waals surface area contributed by atoms with Crippen LogP contribution < -0.4 is 0 Å². The minimum absolute atomic E-state index is 0.00733. The van der Waals surface area contributed by atoms with Gasteiger partial charge in [-0.3, -0.25) is 14.9 Å². The molecule has 2 aliphatic rings. The zero-order valence-corrected chi connectivity index (χ0v) is 20.5. The smallest absolute Gasteiger partial charge is 0.420 e. The maximum atomic E-state index is 14.1. The van der Waals surface area contributed by atoms with Gasteiger partial charge in [0.15, 0.2) is 0 Å². The van der Waals surface area contributed by atoms with E-state index in [2.05, 4.69) is 11.3 Å². The lowest BCUT2D eigenvalue weighted by molar-refractivity contribution is -0.553. The highest BCUT2D eigenvalue weighted by Crippen LogP contribution is 2.41. The van der Waals surface area contributed by atoms with Gasteiger partial charge in [-0.15, -0.1) is 0 Å². The van der Waals surface area contributed by atoms with Gasteiger partial charge in [-0.1, -0.05) is 30.9 Å². The van der Waals surface area contributed by atoms with Crippen molar-refractivity contribution in [2.24, 2.45) is 5.92 Å². The Kier molecular flexibility index (Phi) is 9.78. The number of hydrogen-bond acceptors (Lipinski definition) is 5. The van der Waals surface area contributed by atoms with Crippen LogP contribution in [0.3, 0.4) is 0 Å². The van der Waals surface area contributed by atoms with Crippen LogP contribution in [-0.4, -0.2) is 42.0 Å². The van der Waals surface area contributed by atoms with Crippen LogP contribution in [0.15, 0.2) is 59.4 Å². The molecule has 1 saturated carbocycles. The molecule has 0 bridgehead atoms. The molecule has 1 atom stereocenters. The number of hydrogen-bond donors (Lipinski definition) is 0. The molecule has 6 nitrogen and oxygen atoms in total. The third-order valence-corrected chi connectivity index (χ3v) is 6.56. The summed E-state index contributed by atoms with van der Waals surface area (Å²) >= 11 is 0. The first-order valence-corrected chi connectivity index (χ1v) is 11.6. The Bertz CT molecular complexity index is 1000. The van der Waals surface area contributed by atoms with Crippen molar-refractivity contribution in [3.05, 3.63) is 69.6 Å². The molecule has 12 heteroatoms. The predicted octanol–water partition coefficient (Wildman–Crippen LogP) is 6.93. The Hall–Kier alpha value is -3.05. The van der Waals surface area contributed by atoms with Gasteiger partial charge in [0, 0.05) is 23.8 Å². The Labute approximate surface area is 210 Å². The first-order chi connectivity index (χ1) is 17.1. The van der Waals surface area contributed by atoms with Crippen molar-refractivity contribution in [1.82, 2.24) is 0 Å². The number of ether oxygens (including phenoxy) is 2. The van der Waals surface area contributed by atoms with Crippen molar-refractivity contribution < 1.29 is 45.5 Å². The summed E-state index contributed by atoms with van der Waals surface area (Å²) in [5.41, 5.74) is -3.49. The molecule has 0 saturated heterocycles. The average molecular weight is 537 g/mol. The summed E-state index contributed by atoms with van der Waals surface area (Å²) in [6, 6.07) is 0. The van der Waals surface area contributed by atoms with Crippen LogP contribution >= 0.6 is 0 Å². The second-order valence-corrected chi connectivity index (χ2v) is 9.13. The Balaban J connectivity index is 2.37. The zero-order valence-electron chi connectivity index (χ0n) is 20.5. The molecule has 0 aromatic carbocycles. The first kappa shape index (κ1) is 30.2. The molecular weight excluding hydrogens is 508 g/mol. The van der Waals surface area contributed by atoms with Crippen LogP contribution in [0.4, 0.5) is 26.3 Å². The van der Waals surface area contributed by atoms with E-state index in [0.717, 1.165) is 25.3 Å². The molecule has 0 spiro atoms. The number of carbonyl (C=O) groups is 1. The van der Waals surface area contributed by atoms with Gasteiger partial charge in [0.1, 0.15) is 11.3 Å². The van der Waals surface area contributed by atoms with E-state index in [1.165, 1.54) is 19.1 Å². The van der Waals surface area contributed by atoms with Crippen LogP contribution in [0.2, 0.25) is 0 Å². The number of methoxy groups -OCH3 is 1. The van der Waals surface area contributed by atoms with Crippen molar-refractivity contribution in [3.8, 4) is 0 Å². The van der Waals surface area contributed by atoms with Crippen LogP contribution in [0.1, 0.15) is 51.9 Å². The maximum Gasteiger partial charge on any atom is 0.420 e. The Morgan fingerprint density at radius 3 is 2.24 bits per heavy atom. The van der Waals surface area contributed by atoms with Gasteiger partial charge < -0.3 is 9.47 Å². The number of alkyl halides is 6. The van der Waals surface area contributed by atoms with Crippen molar-refractivity contribution in [2.75, 3.05) is 7.11 Å². The summed E-state index contributed by atoms with van der Waals surface area (Å²) in [5.74, 6) is -2.76. The molecule has 0 aromatic rings. The van der Waals surface area contributed by atoms with Crippen molar-refractivity contribution in [1.29, 1.82) is 0 Å². The topological polar surface area (TPSA) is 78.7 Å². The van der Waals surface area contributed by atoms with Crippen molar-refractivity contribution in [2.45, 2.75) is 75.9 Å². The molecule has 0 radical (unpaired) electrons. The van der Waals surface area contributed by atoms with Gasteiger partial charge in [-0.05, 0) is 43.8 Å². The number of rotatable bonds is 7. The van der Waals surface area contributed by atoms with Gasteiger partial charge >= 0.3 is 18.3 Å². The lowest BCUT2D eigenvalue weighted by atomic mass is 9.85. The molecule has 206 valence electrons. The molecule has 37 heavy (non-hydrogen) atoms. The third-order valence-electron chi connectivity index (χ3n) is 6.56. The summed E-state index contributed by atoms with van der Waals surface area (Å²) in [7, 11) is 1.13. The number of allylic oxidation sites excluding steroid dienone is 6. The number of nitro groups is 1. The highest BCUT2D eigenvalue weighted by Gasteiger charge is 2.44. The quantitative estimate of drug-likeness (QED) is 0.152. The first-order valence-electron chi connectivity index (χ1n) is 11.6.